The van der Waals surface area contributed by atoms with Crippen LogP contribution in [0.25, 0.3) is 0 Å². The molecule has 2 aliphatic rings. The maximum Gasteiger partial charge on any atom is 0.254 e. The molecule has 1 saturated carbocycles. The third-order valence-corrected chi connectivity index (χ3v) is 4.71. The van der Waals surface area contributed by atoms with E-state index in [2.05, 4.69) is 5.32 Å². The molecule has 0 radical (unpaired) electrons. The maximum atomic E-state index is 12.8. The minimum Gasteiger partial charge on any atom is -0.383 e. The molecular weight excluding hydrogens is 280 g/mol. The number of carbonyl (C=O) groups excluding carboxylic acids is 2. The van der Waals surface area contributed by atoms with Gasteiger partial charge in [-0.1, -0.05) is 18.2 Å². The van der Waals surface area contributed by atoms with Crippen LogP contribution in [0.15, 0.2) is 30.3 Å². The van der Waals surface area contributed by atoms with Crippen LogP contribution >= 0.6 is 0 Å². The molecule has 118 valence electrons. The highest BCUT2D eigenvalue weighted by molar-refractivity contribution is 5.98. The van der Waals surface area contributed by atoms with Gasteiger partial charge in [0.2, 0.25) is 5.91 Å². The van der Waals surface area contributed by atoms with Crippen molar-refractivity contribution >= 4 is 11.8 Å². The highest BCUT2D eigenvalue weighted by atomic mass is 16.5. The molecule has 5 heteroatoms. The van der Waals surface area contributed by atoms with E-state index >= 15 is 0 Å². The Hall–Kier alpha value is -1.88. The van der Waals surface area contributed by atoms with E-state index in [1.165, 1.54) is 0 Å². The van der Waals surface area contributed by atoms with Gasteiger partial charge in [0.15, 0.2) is 0 Å². The first-order valence-corrected chi connectivity index (χ1v) is 7.86. The average molecular weight is 302 g/mol. The van der Waals surface area contributed by atoms with Crippen molar-refractivity contribution in [1.82, 2.24) is 10.2 Å². The van der Waals surface area contributed by atoms with Crippen molar-refractivity contribution in [2.75, 3.05) is 20.3 Å². The van der Waals surface area contributed by atoms with Crippen molar-refractivity contribution in [3.63, 3.8) is 0 Å². The lowest BCUT2D eigenvalue weighted by atomic mass is 9.97. The lowest BCUT2D eigenvalue weighted by Crippen LogP contribution is -2.53. The number of benzene rings is 1. The second-order valence-electron chi connectivity index (χ2n) is 6.03. The molecule has 1 aliphatic carbocycles. The second kappa shape index (κ2) is 6.48. The molecule has 3 unspecified atom stereocenters. The number of carbonyl (C=O) groups is 2. The molecule has 0 spiro atoms. The summed E-state index contributed by atoms with van der Waals surface area (Å²) in [6, 6.07) is 9.11. The van der Waals surface area contributed by atoms with E-state index < -0.39 is 0 Å². The van der Waals surface area contributed by atoms with Crippen molar-refractivity contribution in [2.24, 2.45) is 5.92 Å². The first-order chi connectivity index (χ1) is 10.7. The Kier molecular flexibility index (Phi) is 4.43. The van der Waals surface area contributed by atoms with E-state index in [1.807, 2.05) is 35.2 Å². The van der Waals surface area contributed by atoms with Crippen LogP contribution in [-0.2, 0) is 9.53 Å². The van der Waals surface area contributed by atoms with Crippen LogP contribution in [0.1, 0.15) is 29.6 Å². The third kappa shape index (κ3) is 2.73. The Balaban J connectivity index is 1.76. The molecule has 1 aromatic rings. The molecule has 22 heavy (non-hydrogen) atoms. The molecule has 1 N–H and O–H groups in total. The zero-order chi connectivity index (χ0) is 15.5. The fourth-order valence-electron chi connectivity index (χ4n) is 3.73. The van der Waals surface area contributed by atoms with Crippen molar-refractivity contribution in [3.8, 4) is 0 Å². The summed E-state index contributed by atoms with van der Waals surface area (Å²) in [6.07, 6.45) is 2.98. The molecule has 0 aromatic heterocycles. The normalized spacial score (nSPS) is 26.2. The summed E-state index contributed by atoms with van der Waals surface area (Å²) >= 11 is 0. The highest BCUT2D eigenvalue weighted by Gasteiger charge is 2.51. The van der Waals surface area contributed by atoms with Crippen LogP contribution in [0, 0.1) is 5.92 Å². The number of likely N-dealkylation sites (tertiary alicyclic amines) is 1. The van der Waals surface area contributed by atoms with Crippen LogP contribution in [0.2, 0.25) is 0 Å². The van der Waals surface area contributed by atoms with E-state index in [-0.39, 0.29) is 23.9 Å². The average Bonchev–Trinajstić information content (AvgIpc) is 3.16. The summed E-state index contributed by atoms with van der Waals surface area (Å²) in [5, 5.41) is 2.89. The SMILES string of the molecule is COCCNC(=O)C1C2CCC(C2)N1C(=O)c1ccccc1. The van der Waals surface area contributed by atoms with Crippen LogP contribution < -0.4 is 5.32 Å². The summed E-state index contributed by atoms with van der Waals surface area (Å²) in [6.45, 7) is 0.968. The van der Waals surface area contributed by atoms with Gasteiger partial charge in [-0.3, -0.25) is 9.59 Å². The zero-order valence-electron chi connectivity index (χ0n) is 12.8. The Morgan fingerprint density at radius 2 is 2.05 bits per heavy atom. The molecule has 5 nitrogen and oxygen atoms in total. The molecule has 1 saturated heterocycles. The molecule has 1 aromatic carbocycles. The van der Waals surface area contributed by atoms with Gasteiger partial charge in [-0.15, -0.1) is 0 Å². The standard InChI is InChI=1S/C17H22N2O3/c1-22-10-9-18-16(20)15-13-7-8-14(11-13)19(15)17(21)12-5-3-2-4-6-12/h2-6,13-15H,7-11H2,1H3,(H,18,20). The van der Waals surface area contributed by atoms with E-state index in [4.69, 9.17) is 4.74 Å². The lowest BCUT2D eigenvalue weighted by molar-refractivity contribution is -0.127. The fourth-order valence-corrected chi connectivity index (χ4v) is 3.73. The number of nitrogens with zero attached hydrogens (tertiary/aromatic N) is 1. The van der Waals surface area contributed by atoms with Gasteiger partial charge >= 0.3 is 0 Å². The monoisotopic (exact) mass is 302 g/mol. The molecular formula is C17H22N2O3. The van der Waals surface area contributed by atoms with Gasteiger partial charge in [-0.2, -0.15) is 0 Å². The maximum absolute atomic E-state index is 12.8. The van der Waals surface area contributed by atoms with Crippen LogP contribution in [-0.4, -0.2) is 49.1 Å². The van der Waals surface area contributed by atoms with Crippen LogP contribution in [0.3, 0.4) is 0 Å². The molecule has 1 heterocycles. The number of piperidine rings is 1. The summed E-state index contributed by atoms with van der Waals surface area (Å²) in [5.74, 6) is 0.216. The molecule has 2 amide bonds. The third-order valence-electron chi connectivity index (χ3n) is 4.71. The van der Waals surface area contributed by atoms with Crippen LogP contribution in [0.5, 0.6) is 0 Å². The minimum absolute atomic E-state index is 0.0281. The van der Waals surface area contributed by atoms with Gasteiger partial charge in [0.25, 0.3) is 5.91 Å². The Morgan fingerprint density at radius 3 is 2.77 bits per heavy atom. The van der Waals surface area contributed by atoms with Gasteiger partial charge in [0.05, 0.1) is 6.61 Å². The zero-order valence-corrected chi connectivity index (χ0v) is 12.8. The summed E-state index contributed by atoms with van der Waals surface area (Å²) in [4.78, 5) is 27.1. The highest BCUT2D eigenvalue weighted by Crippen LogP contribution is 2.43. The Labute approximate surface area is 130 Å². The van der Waals surface area contributed by atoms with Crippen LogP contribution in [0.4, 0.5) is 0 Å². The van der Waals surface area contributed by atoms with E-state index in [9.17, 15) is 9.59 Å². The van der Waals surface area contributed by atoms with Gasteiger partial charge in [-0.25, -0.2) is 0 Å². The molecule has 3 atom stereocenters. The molecule has 1 aliphatic heterocycles. The van der Waals surface area contributed by atoms with Gasteiger partial charge in [0, 0.05) is 25.3 Å². The van der Waals surface area contributed by atoms with Crippen molar-refractivity contribution in [1.29, 1.82) is 0 Å². The van der Waals surface area contributed by atoms with Gasteiger partial charge in [-0.05, 0) is 37.3 Å². The van der Waals surface area contributed by atoms with Crippen molar-refractivity contribution < 1.29 is 14.3 Å². The Bertz CT molecular complexity index is 546. The number of nitrogens with one attached hydrogen (secondary N) is 1. The quantitative estimate of drug-likeness (QED) is 0.837. The largest absolute Gasteiger partial charge is 0.383 e. The molecule has 3 rings (SSSR count). The molecule has 2 fully saturated rings. The lowest BCUT2D eigenvalue weighted by Gasteiger charge is -2.34. The number of hydrogen-bond donors (Lipinski definition) is 1. The summed E-state index contributed by atoms with van der Waals surface area (Å²) < 4.78 is 4.97. The number of hydrogen-bond acceptors (Lipinski definition) is 3. The second-order valence-corrected chi connectivity index (χ2v) is 6.03. The van der Waals surface area contributed by atoms with Gasteiger partial charge < -0.3 is 15.0 Å². The fraction of sp³-hybridized carbons (Fsp3) is 0.529. The van der Waals surface area contributed by atoms with E-state index in [1.54, 1.807) is 7.11 Å². The van der Waals surface area contributed by atoms with Crippen molar-refractivity contribution in [2.45, 2.75) is 31.3 Å². The molecule has 2 bridgehead atoms. The number of ether oxygens (including phenoxy) is 1. The minimum atomic E-state index is -0.330. The topological polar surface area (TPSA) is 58.6 Å². The number of fused-ring (bicyclic) bond motifs is 2. The van der Waals surface area contributed by atoms with E-state index in [0.29, 0.717) is 24.6 Å². The predicted molar refractivity (Wildman–Crippen MR) is 82.4 cm³/mol. The van der Waals surface area contributed by atoms with Crippen molar-refractivity contribution in [3.05, 3.63) is 35.9 Å². The first kappa shape index (κ1) is 15.0. The Morgan fingerprint density at radius 1 is 1.27 bits per heavy atom. The number of methoxy groups -OCH3 is 1. The predicted octanol–water partition coefficient (Wildman–Crippen LogP) is 1.44. The number of amides is 2. The first-order valence-electron chi connectivity index (χ1n) is 7.86. The summed E-state index contributed by atoms with van der Waals surface area (Å²) in [5.41, 5.74) is 0.657. The van der Waals surface area contributed by atoms with E-state index in [0.717, 1.165) is 19.3 Å². The van der Waals surface area contributed by atoms with Gasteiger partial charge in [0.1, 0.15) is 6.04 Å². The summed E-state index contributed by atoms with van der Waals surface area (Å²) in [7, 11) is 1.61. The number of rotatable bonds is 5. The smallest absolute Gasteiger partial charge is 0.254 e.